The molecule has 5 rings (SSSR count). The minimum Gasteiger partial charge on any atom is -0.508 e. The largest absolute Gasteiger partial charge is 0.508 e. The molecule has 176 valence electrons. The standard InChI is InChI=1S/C27H30FN5O/c1-5-15-12-17(34)6-7-18(15)19-8-9-20-24(23(19)28)32-33-25(20)26-30-14-21(31-26)16-10-11-29-22(13-16)27(2,3)4/h6-10,12,14,22,29,34H,5,11,13H2,1-4H3,(H,30,31)(H,32,33). The van der Waals surface area contributed by atoms with E-state index in [1.165, 1.54) is 5.57 Å². The number of aryl methyl sites for hydroxylation is 1. The fourth-order valence-electron chi connectivity index (χ4n) is 4.72. The first kappa shape index (κ1) is 22.3. The summed E-state index contributed by atoms with van der Waals surface area (Å²) in [7, 11) is 0. The number of rotatable bonds is 4. The topological polar surface area (TPSA) is 89.6 Å². The Balaban J connectivity index is 1.49. The summed E-state index contributed by atoms with van der Waals surface area (Å²) < 4.78 is 15.6. The average molecular weight is 460 g/mol. The number of benzene rings is 2. The van der Waals surface area contributed by atoms with Gasteiger partial charge in [-0.2, -0.15) is 5.10 Å². The molecule has 2 aromatic heterocycles. The number of fused-ring (bicyclic) bond motifs is 1. The highest BCUT2D eigenvalue weighted by atomic mass is 19.1. The highest BCUT2D eigenvalue weighted by molar-refractivity contribution is 5.95. The molecule has 6 nitrogen and oxygen atoms in total. The van der Waals surface area contributed by atoms with Gasteiger partial charge in [0.25, 0.3) is 0 Å². The van der Waals surface area contributed by atoms with Crippen molar-refractivity contribution in [1.82, 2.24) is 25.5 Å². The van der Waals surface area contributed by atoms with Crippen LogP contribution in [0.25, 0.3) is 39.1 Å². The van der Waals surface area contributed by atoms with Crippen LogP contribution >= 0.6 is 0 Å². The van der Waals surface area contributed by atoms with Crippen molar-refractivity contribution in [3.63, 3.8) is 0 Å². The zero-order valence-corrected chi connectivity index (χ0v) is 20.0. The lowest BCUT2D eigenvalue weighted by atomic mass is 9.81. The third-order valence-electron chi connectivity index (χ3n) is 6.77. The van der Waals surface area contributed by atoms with Crippen LogP contribution in [0, 0.1) is 11.2 Å². The van der Waals surface area contributed by atoms with E-state index in [1.807, 2.05) is 19.2 Å². The number of aromatic nitrogens is 4. The van der Waals surface area contributed by atoms with Gasteiger partial charge in [-0.15, -0.1) is 0 Å². The summed E-state index contributed by atoms with van der Waals surface area (Å²) in [6.07, 6.45) is 5.63. The molecule has 0 fully saturated rings. The molecule has 0 radical (unpaired) electrons. The molecule has 0 saturated heterocycles. The van der Waals surface area contributed by atoms with Gasteiger partial charge in [0.2, 0.25) is 0 Å². The molecule has 0 bridgehead atoms. The highest BCUT2D eigenvalue weighted by Crippen LogP contribution is 2.36. The number of H-pyrrole nitrogens is 2. The second-order valence-corrected chi connectivity index (χ2v) is 10.0. The fourth-order valence-corrected chi connectivity index (χ4v) is 4.72. The number of aromatic hydroxyl groups is 1. The average Bonchev–Trinajstić information content (AvgIpc) is 3.47. The van der Waals surface area contributed by atoms with Crippen molar-refractivity contribution in [3.05, 3.63) is 59.7 Å². The molecule has 1 aliphatic heterocycles. The lowest BCUT2D eigenvalue weighted by molar-refractivity contribution is 0.274. The number of imidazole rings is 1. The van der Waals surface area contributed by atoms with Gasteiger partial charge in [-0.1, -0.05) is 45.9 Å². The third-order valence-corrected chi connectivity index (χ3v) is 6.77. The summed E-state index contributed by atoms with van der Waals surface area (Å²) in [6, 6.07) is 9.04. The molecule has 4 N–H and O–H groups in total. The Labute approximate surface area is 198 Å². The van der Waals surface area contributed by atoms with E-state index in [9.17, 15) is 5.11 Å². The quantitative estimate of drug-likeness (QED) is 0.310. The molecule has 0 saturated carbocycles. The molecule has 1 unspecified atom stereocenters. The molecule has 34 heavy (non-hydrogen) atoms. The molecule has 3 heterocycles. The predicted molar refractivity (Wildman–Crippen MR) is 134 cm³/mol. The van der Waals surface area contributed by atoms with E-state index in [1.54, 1.807) is 24.3 Å². The van der Waals surface area contributed by atoms with Gasteiger partial charge in [0, 0.05) is 23.5 Å². The minimum atomic E-state index is -0.388. The number of nitrogens with zero attached hydrogens (tertiary/aromatic N) is 2. The van der Waals surface area contributed by atoms with E-state index >= 15 is 4.39 Å². The molecule has 4 aromatic rings. The van der Waals surface area contributed by atoms with Gasteiger partial charge in [0.05, 0.1) is 11.9 Å². The van der Waals surface area contributed by atoms with Crippen LogP contribution in [0.15, 0.2) is 42.6 Å². The SMILES string of the molecule is CCc1cc(O)ccc1-c1ccc2c(-c3ncc(C4=CCNC(C(C)(C)C)C4)[nH]3)[nH]nc2c1F. The van der Waals surface area contributed by atoms with Gasteiger partial charge in [0.1, 0.15) is 17.0 Å². The smallest absolute Gasteiger partial charge is 0.159 e. The van der Waals surface area contributed by atoms with E-state index in [0.29, 0.717) is 34.9 Å². The Hall–Kier alpha value is -3.45. The fraction of sp³-hybridized carbons (Fsp3) is 0.333. The summed E-state index contributed by atoms with van der Waals surface area (Å²) >= 11 is 0. The van der Waals surface area contributed by atoms with Crippen LogP contribution in [0.4, 0.5) is 4.39 Å². The number of nitrogens with one attached hydrogen (secondary N) is 3. The molecule has 0 amide bonds. The van der Waals surface area contributed by atoms with Crippen molar-refractivity contribution in [1.29, 1.82) is 0 Å². The molecule has 0 spiro atoms. The maximum absolute atomic E-state index is 15.6. The molecule has 0 aliphatic carbocycles. The van der Waals surface area contributed by atoms with Gasteiger partial charge in [-0.25, -0.2) is 9.37 Å². The number of hydrogen-bond donors (Lipinski definition) is 4. The molecule has 7 heteroatoms. The highest BCUT2D eigenvalue weighted by Gasteiger charge is 2.28. The van der Waals surface area contributed by atoms with Crippen molar-refractivity contribution in [2.75, 3.05) is 6.54 Å². The Morgan fingerprint density at radius 3 is 2.71 bits per heavy atom. The van der Waals surface area contributed by atoms with E-state index < -0.39 is 0 Å². The predicted octanol–water partition coefficient (Wildman–Crippen LogP) is 5.82. The third kappa shape index (κ3) is 3.90. The maximum atomic E-state index is 15.6. The van der Waals surface area contributed by atoms with Gasteiger partial charge in [0.15, 0.2) is 11.6 Å². The van der Waals surface area contributed by atoms with Crippen molar-refractivity contribution >= 4 is 16.5 Å². The van der Waals surface area contributed by atoms with Gasteiger partial charge < -0.3 is 15.4 Å². The normalized spacial score (nSPS) is 16.7. The molecule has 2 aromatic carbocycles. The summed E-state index contributed by atoms with van der Waals surface area (Å²) in [5.74, 6) is 0.423. The second kappa shape index (κ2) is 8.40. The number of phenolic OH excluding ortho intramolecular Hbond substituents is 1. The first-order chi connectivity index (χ1) is 16.3. The Morgan fingerprint density at radius 2 is 1.94 bits per heavy atom. The van der Waals surface area contributed by atoms with Crippen LogP contribution in [0.3, 0.4) is 0 Å². The van der Waals surface area contributed by atoms with Crippen LogP contribution in [-0.4, -0.2) is 37.9 Å². The van der Waals surface area contributed by atoms with E-state index in [0.717, 1.165) is 29.8 Å². The first-order valence-electron chi connectivity index (χ1n) is 11.7. The summed E-state index contributed by atoms with van der Waals surface area (Å²) in [6.45, 7) is 9.54. The first-order valence-corrected chi connectivity index (χ1v) is 11.7. The van der Waals surface area contributed by atoms with Gasteiger partial charge >= 0.3 is 0 Å². The number of halogens is 1. The molecule has 1 aliphatic rings. The molecular weight excluding hydrogens is 429 g/mol. The van der Waals surface area contributed by atoms with Crippen molar-refractivity contribution in [2.45, 2.75) is 46.6 Å². The van der Waals surface area contributed by atoms with Crippen molar-refractivity contribution < 1.29 is 9.50 Å². The van der Waals surface area contributed by atoms with Crippen molar-refractivity contribution in [3.8, 4) is 28.4 Å². The van der Waals surface area contributed by atoms with Gasteiger partial charge in [-0.05, 0) is 53.2 Å². The Bertz CT molecular complexity index is 1390. The lowest BCUT2D eigenvalue weighted by Crippen LogP contribution is -2.42. The monoisotopic (exact) mass is 459 g/mol. The second-order valence-electron chi connectivity index (χ2n) is 10.0. The number of aromatic amines is 2. The van der Waals surface area contributed by atoms with E-state index in [4.69, 9.17) is 0 Å². The molecular formula is C27H30FN5O. The maximum Gasteiger partial charge on any atom is 0.159 e. The summed E-state index contributed by atoms with van der Waals surface area (Å²) in [5, 5.41) is 21.3. The van der Waals surface area contributed by atoms with Gasteiger partial charge in [-0.3, -0.25) is 5.10 Å². The summed E-state index contributed by atoms with van der Waals surface area (Å²) in [4.78, 5) is 7.99. The Morgan fingerprint density at radius 1 is 1.15 bits per heavy atom. The van der Waals surface area contributed by atoms with Crippen LogP contribution in [0.1, 0.15) is 45.4 Å². The zero-order chi connectivity index (χ0) is 24.0. The van der Waals surface area contributed by atoms with E-state index in [-0.39, 0.29) is 22.5 Å². The molecule has 1 atom stereocenters. The Kier molecular flexibility index (Phi) is 5.52. The van der Waals surface area contributed by atoms with Crippen LogP contribution in [-0.2, 0) is 6.42 Å². The van der Waals surface area contributed by atoms with Crippen molar-refractivity contribution in [2.24, 2.45) is 5.41 Å². The minimum absolute atomic E-state index is 0.159. The van der Waals surface area contributed by atoms with E-state index in [2.05, 4.69) is 52.3 Å². The number of hydrogen-bond acceptors (Lipinski definition) is 4. The zero-order valence-electron chi connectivity index (χ0n) is 20.0. The summed E-state index contributed by atoms with van der Waals surface area (Å²) in [5.41, 5.74) is 5.41. The van der Waals surface area contributed by atoms with Crippen LogP contribution in [0.2, 0.25) is 0 Å². The number of phenols is 1. The van der Waals surface area contributed by atoms with Crippen LogP contribution < -0.4 is 5.32 Å². The van der Waals surface area contributed by atoms with Crippen LogP contribution in [0.5, 0.6) is 5.75 Å². The lowest BCUT2D eigenvalue weighted by Gasteiger charge is -2.34.